The molecule has 1 fully saturated rings. The summed E-state index contributed by atoms with van der Waals surface area (Å²) in [6.45, 7) is 8.89. The Morgan fingerprint density at radius 3 is 2.78 bits per heavy atom. The van der Waals surface area contributed by atoms with Crippen molar-refractivity contribution in [2.75, 3.05) is 23.3 Å². The van der Waals surface area contributed by atoms with Gasteiger partial charge in [0.15, 0.2) is 0 Å². The Bertz CT molecular complexity index is 372. The van der Waals surface area contributed by atoms with Crippen LogP contribution in [0.15, 0.2) is 12.4 Å². The van der Waals surface area contributed by atoms with E-state index in [4.69, 9.17) is 0 Å². The van der Waals surface area contributed by atoms with Gasteiger partial charge < -0.3 is 10.2 Å². The highest BCUT2D eigenvalue weighted by molar-refractivity contribution is 5.49. The fraction of sp³-hybridized carbons (Fsp3) is 0.714. The second-order valence-corrected chi connectivity index (χ2v) is 5.38. The molecule has 0 amide bonds. The Labute approximate surface area is 110 Å². The Balaban J connectivity index is 2.02. The van der Waals surface area contributed by atoms with Gasteiger partial charge in [0.1, 0.15) is 18.0 Å². The second-order valence-electron chi connectivity index (χ2n) is 5.38. The maximum atomic E-state index is 4.40. The average Bonchev–Trinajstić information content (AvgIpc) is 2.40. The van der Waals surface area contributed by atoms with E-state index in [0.29, 0.717) is 6.04 Å². The van der Waals surface area contributed by atoms with Crippen molar-refractivity contribution in [1.29, 1.82) is 0 Å². The first kappa shape index (κ1) is 13.1. The number of hydrogen-bond donors (Lipinski definition) is 1. The lowest BCUT2D eigenvalue weighted by Gasteiger charge is -2.31. The van der Waals surface area contributed by atoms with Crippen LogP contribution < -0.4 is 10.2 Å². The molecule has 0 radical (unpaired) electrons. The van der Waals surface area contributed by atoms with E-state index in [9.17, 15) is 0 Å². The molecule has 1 atom stereocenters. The summed E-state index contributed by atoms with van der Waals surface area (Å²) < 4.78 is 0. The molecule has 0 bridgehead atoms. The largest absolute Gasteiger partial charge is 0.367 e. The van der Waals surface area contributed by atoms with Gasteiger partial charge in [0, 0.05) is 25.2 Å². The normalized spacial score (nSPS) is 18.7. The predicted octanol–water partition coefficient (Wildman–Crippen LogP) is 2.92. The zero-order valence-electron chi connectivity index (χ0n) is 11.7. The molecule has 100 valence electrons. The van der Waals surface area contributed by atoms with Crippen LogP contribution in [0.2, 0.25) is 0 Å². The number of nitrogens with one attached hydrogen (secondary N) is 1. The van der Waals surface area contributed by atoms with Gasteiger partial charge in [-0.25, -0.2) is 9.97 Å². The van der Waals surface area contributed by atoms with Crippen LogP contribution in [-0.4, -0.2) is 29.1 Å². The van der Waals surface area contributed by atoms with Gasteiger partial charge in [-0.1, -0.05) is 13.8 Å². The van der Waals surface area contributed by atoms with Gasteiger partial charge in [-0.15, -0.1) is 0 Å². The summed E-state index contributed by atoms with van der Waals surface area (Å²) in [6.07, 6.45) is 5.29. The lowest BCUT2D eigenvalue weighted by Crippen LogP contribution is -2.33. The average molecular weight is 248 g/mol. The highest BCUT2D eigenvalue weighted by atomic mass is 15.2. The minimum atomic E-state index is 0.453. The molecule has 1 aromatic heterocycles. The van der Waals surface area contributed by atoms with Crippen molar-refractivity contribution in [3.63, 3.8) is 0 Å². The fourth-order valence-electron chi connectivity index (χ4n) is 2.19. The SMILES string of the molecule is CCC(C)Nc1cc(N2CCC(C)CC2)ncn1. The van der Waals surface area contributed by atoms with E-state index in [1.54, 1.807) is 6.33 Å². The van der Waals surface area contributed by atoms with Crippen LogP contribution in [0.3, 0.4) is 0 Å². The lowest BCUT2D eigenvalue weighted by molar-refractivity contribution is 0.436. The molecule has 1 aliphatic rings. The van der Waals surface area contributed by atoms with Crippen LogP contribution in [0, 0.1) is 5.92 Å². The van der Waals surface area contributed by atoms with E-state index in [0.717, 1.165) is 37.1 Å². The van der Waals surface area contributed by atoms with Crippen molar-refractivity contribution in [2.24, 2.45) is 5.92 Å². The molecule has 2 heterocycles. The van der Waals surface area contributed by atoms with Gasteiger partial charge in [0.05, 0.1) is 0 Å². The Kier molecular flexibility index (Phi) is 4.39. The smallest absolute Gasteiger partial charge is 0.134 e. The standard InChI is InChI=1S/C14H24N4/c1-4-12(3)17-13-9-14(16-10-15-13)18-7-5-11(2)6-8-18/h9-12H,4-8H2,1-3H3,(H,15,16,17). The maximum Gasteiger partial charge on any atom is 0.134 e. The Morgan fingerprint density at radius 1 is 1.39 bits per heavy atom. The van der Waals surface area contributed by atoms with Crippen LogP contribution in [-0.2, 0) is 0 Å². The van der Waals surface area contributed by atoms with E-state index < -0.39 is 0 Å². The molecule has 1 unspecified atom stereocenters. The van der Waals surface area contributed by atoms with E-state index in [1.165, 1.54) is 12.8 Å². The molecule has 1 aliphatic heterocycles. The van der Waals surface area contributed by atoms with E-state index in [-0.39, 0.29) is 0 Å². The molecular formula is C14H24N4. The van der Waals surface area contributed by atoms with Crippen molar-refractivity contribution >= 4 is 11.6 Å². The highest BCUT2D eigenvalue weighted by Crippen LogP contribution is 2.22. The molecule has 0 spiro atoms. The van der Waals surface area contributed by atoms with E-state index >= 15 is 0 Å². The van der Waals surface area contributed by atoms with Gasteiger partial charge in [-0.3, -0.25) is 0 Å². The minimum absolute atomic E-state index is 0.453. The van der Waals surface area contributed by atoms with Crippen molar-refractivity contribution in [2.45, 2.75) is 46.1 Å². The monoisotopic (exact) mass is 248 g/mol. The molecule has 0 saturated carbocycles. The second kappa shape index (κ2) is 6.03. The van der Waals surface area contributed by atoms with Crippen LogP contribution in [0.1, 0.15) is 40.0 Å². The molecule has 1 aromatic rings. The van der Waals surface area contributed by atoms with Crippen molar-refractivity contribution in [3.05, 3.63) is 12.4 Å². The van der Waals surface area contributed by atoms with E-state index in [1.807, 2.05) is 0 Å². The summed E-state index contributed by atoms with van der Waals surface area (Å²) in [5, 5.41) is 3.40. The van der Waals surface area contributed by atoms with Gasteiger partial charge in [-0.2, -0.15) is 0 Å². The maximum absolute atomic E-state index is 4.40. The summed E-state index contributed by atoms with van der Waals surface area (Å²) in [5.41, 5.74) is 0. The van der Waals surface area contributed by atoms with Gasteiger partial charge in [0.25, 0.3) is 0 Å². The summed E-state index contributed by atoms with van der Waals surface area (Å²) in [5.74, 6) is 2.84. The number of piperidine rings is 1. The molecule has 4 heteroatoms. The zero-order valence-corrected chi connectivity index (χ0v) is 11.7. The molecule has 0 aliphatic carbocycles. The first-order valence-corrected chi connectivity index (χ1v) is 7.02. The number of hydrogen-bond acceptors (Lipinski definition) is 4. The summed E-state index contributed by atoms with van der Waals surface area (Å²) >= 11 is 0. The zero-order chi connectivity index (χ0) is 13.0. The molecule has 1 saturated heterocycles. The number of aromatic nitrogens is 2. The van der Waals surface area contributed by atoms with E-state index in [2.05, 4.69) is 47.0 Å². The summed E-state index contributed by atoms with van der Waals surface area (Å²) in [7, 11) is 0. The molecule has 0 aromatic carbocycles. The molecule has 4 nitrogen and oxygen atoms in total. The van der Waals surface area contributed by atoms with Crippen molar-refractivity contribution in [3.8, 4) is 0 Å². The topological polar surface area (TPSA) is 41.0 Å². The van der Waals surface area contributed by atoms with Crippen LogP contribution >= 0.6 is 0 Å². The third-order valence-corrected chi connectivity index (χ3v) is 3.77. The lowest BCUT2D eigenvalue weighted by atomic mass is 9.99. The fourth-order valence-corrected chi connectivity index (χ4v) is 2.19. The van der Waals surface area contributed by atoms with Gasteiger partial charge in [-0.05, 0) is 32.1 Å². The summed E-state index contributed by atoms with van der Waals surface area (Å²) in [4.78, 5) is 11.0. The third kappa shape index (κ3) is 3.34. The number of rotatable bonds is 4. The molecule has 2 rings (SSSR count). The predicted molar refractivity (Wildman–Crippen MR) is 76.0 cm³/mol. The molecule has 18 heavy (non-hydrogen) atoms. The quantitative estimate of drug-likeness (QED) is 0.889. The first-order chi connectivity index (χ1) is 8.69. The summed E-state index contributed by atoms with van der Waals surface area (Å²) in [6, 6.07) is 2.52. The van der Waals surface area contributed by atoms with Crippen molar-refractivity contribution < 1.29 is 0 Å². The number of anilines is 2. The van der Waals surface area contributed by atoms with Gasteiger partial charge in [0.2, 0.25) is 0 Å². The van der Waals surface area contributed by atoms with Crippen LogP contribution in [0.5, 0.6) is 0 Å². The van der Waals surface area contributed by atoms with Crippen molar-refractivity contribution in [1.82, 2.24) is 9.97 Å². The molecular weight excluding hydrogens is 224 g/mol. The van der Waals surface area contributed by atoms with Gasteiger partial charge >= 0.3 is 0 Å². The Morgan fingerprint density at radius 2 is 2.11 bits per heavy atom. The third-order valence-electron chi connectivity index (χ3n) is 3.77. The highest BCUT2D eigenvalue weighted by Gasteiger charge is 2.17. The Hall–Kier alpha value is -1.32. The van der Waals surface area contributed by atoms with Crippen LogP contribution in [0.4, 0.5) is 11.6 Å². The number of nitrogens with zero attached hydrogens (tertiary/aromatic N) is 3. The molecule has 1 N–H and O–H groups in total. The van der Waals surface area contributed by atoms with Crippen LogP contribution in [0.25, 0.3) is 0 Å². The first-order valence-electron chi connectivity index (χ1n) is 7.02. The minimum Gasteiger partial charge on any atom is -0.367 e.